The van der Waals surface area contributed by atoms with E-state index in [-0.39, 0.29) is 0 Å². The van der Waals surface area contributed by atoms with Gasteiger partial charge in [-0.3, -0.25) is 10.9 Å². The van der Waals surface area contributed by atoms with Crippen molar-refractivity contribution in [1.29, 1.82) is 0 Å². The summed E-state index contributed by atoms with van der Waals surface area (Å²) in [6, 6.07) is 4.89. The molecule has 0 aliphatic carbocycles. The van der Waals surface area contributed by atoms with Crippen LogP contribution in [-0.4, -0.2) is 0 Å². The quantitative estimate of drug-likeness (QED) is 0.404. The molecule has 5 nitrogen and oxygen atoms in total. The molecule has 0 saturated carbocycles. The SMILES string of the molecule is Nc1cccc2c1C([O-])NNC2[O-]. The molecule has 1 aromatic carbocycles. The lowest BCUT2D eigenvalue weighted by Gasteiger charge is -2.40. The van der Waals surface area contributed by atoms with Gasteiger partial charge in [0.1, 0.15) is 0 Å². The van der Waals surface area contributed by atoms with Crippen molar-refractivity contribution in [2.45, 2.75) is 12.5 Å². The second-order valence-corrected chi connectivity index (χ2v) is 2.90. The number of nitrogens with one attached hydrogen (secondary N) is 2. The molecule has 2 unspecified atom stereocenters. The van der Waals surface area contributed by atoms with Gasteiger partial charge in [0.25, 0.3) is 0 Å². The Labute approximate surface area is 75.2 Å². The summed E-state index contributed by atoms with van der Waals surface area (Å²) in [4.78, 5) is 0. The fourth-order valence-electron chi connectivity index (χ4n) is 1.43. The van der Waals surface area contributed by atoms with Crippen LogP contribution in [0.15, 0.2) is 18.2 Å². The van der Waals surface area contributed by atoms with Crippen molar-refractivity contribution >= 4 is 5.69 Å². The third kappa shape index (κ3) is 1.27. The Hall–Kier alpha value is -1.14. The number of hydrazine groups is 1. The van der Waals surface area contributed by atoms with E-state index in [1.165, 1.54) is 0 Å². The van der Waals surface area contributed by atoms with Gasteiger partial charge in [-0.15, -0.1) is 0 Å². The largest absolute Gasteiger partial charge is 0.836 e. The minimum absolute atomic E-state index is 0.362. The molecule has 1 aliphatic heterocycles. The molecule has 1 aliphatic rings. The molecule has 0 fully saturated rings. The Morgan fingerprint density at radius 1 is 1.15 bits per heavy atom. The van der Waals surface area contributed by atoms with Crippen molar-refractivity contribution in [2.75, 3.05) is 5.73 Å². The normalized spacial score (nSPS) is 26.9. The molecule has 2 atom stereocenters. The highest BCUT2D eigenvalue weighted by Gasteiger charge is 2.15. The van der Waals surface area contributed by atoms with Gasteiger partial charge in [-0.05, 0) is 29.6 Å². The average Bonchev–Trinajstić information content (AvgIpc) is 2.12. The number of nitrogen functional groups attached to an aromatic ring is 1. The lowest BCUT2D eigenvalue weighted by molar-refractivity contribution is -0.473. The van der Waals surface area contributed by atoms with Gasteiger partial charge in [0.2, 0.25) is 0 Å². The second kappa shape index (κ2) is 2.97. The molecule has 4 N–H and O–H groups in total. The van der Waals surface area contributed by atoms with Gasteiger partial charge < -0.3 is 15.9 Å². The summed E-state index contributed by atoms with van der Waals surface area (Å²) in [5, 5.41) is 22.6. The Bertz CT molecular complexity index is 329. The zero-order valence-corrected chi connectivity index (χ0v) is 6.78. The van der Waals surface area contributed by atoms with Crippen LogP contribution in [-0.2, 0) is 0 Å². The first kappa shape index (κ1) is 8.46. The smallest absolute Gasteiger partial charge is 0.0351 e. The van der Waals surface area contributed by atoms with Crippen LogP contribution in [0.25, 0.3) is 0 Å². The van der Waals surface area contributed by atoms with Gasteiger partial charge in [-0.1, -0.05) is 12.1 Å². The van der Waals surface area contributed by atoms with E-state index < -0.39 is 12.5 Å². The molecule has 1 aromatic rings. The van der Waals surface area contributed by atoms with Crippen LogP contribution in [0.5, 0.6) is 0 Å². The molecule has 0 saturated heterocycles. The van der Waals surface area contributed by atoms with Crippen molar-refractivity contribution in [1.82, 2.24) is 10.9 Å². The maximum atomic E-state index is 11.3. The van der Waals surface area contributed by atoms with Crippen LogP contribution in [0.3, 0.4) is 0 Å². The first-order valence-corrected chi connectivity index (χ1v) is 3.91. The van der Waals surface area contributed by atoms with E-state index >= 15 is 0 Å². The highest BCUT2D eigenvalue weighted by atomic mass is 16.3. The van der Waals surface area contributed by atoms with Crippen LogP contribution in [0.1, 0.15) is 23.6 Å². The minimum Gasteiger partial charge on any atom is -0.836 e. The molecule has 0 aromatic heterocycles. The second-order valence-electron chi connectivity index (χ2n) is 2.90. The van der Waals surface area contributed by atoms with Crippen molar-refractivity contribution in [3.8, 4) is 0 Å². The fraction of sp³-hybridized carbons (Fsp3) is 0.250. The number of anilines is 1. The molecule has 70 valence electrons. The molecule has 0 amide bonds. The fourth-order valence-corrected chi connectivity index (χ4v) is 1.43. The monoisotopic (exact) mass is 179 g/mol. The zero-order valence-electron chi connectivity index (χ0n) is 6.78. The molecule has 0 radical (unpaired) electrons. The number of nitrogens with two attached hydrogens (primary N) is 1. The van der Waals surface area contributed by atoms with Crippen molar-refractivity contribution in [3.05, 3.63) is 29.3 Å². The average molecular weight is 179 g/mol. The van der Waals surface area contributed by atoms with Gasteiger partial charge in [-0.2, -0.15) is 0 Å². The van der Waals surface area contributed by atoms with Crippen molar-refractivity contribution < 1.29 is 10.2 Å². The summed E-state index contributed by atoms with van der Waals surface area (Å²) in [6.07, 6.45) is -2.29. The van der Waals surface area contributed by atoms with Crippen LogP contribution in [0, 0.1) is 0 Å². The maximum Gasteiger partial charge on any atom is 0.0351 e. The molecule has 1 heterocycles. The highest BCUT2D eigenvalue weighted by molar-refractivity contribution is 5.53. The molecule has 0 spiro atoms. The molecule has 5 heteroatoms. The van der Waals surface area contributed by atoms with E-state index in [0.29, 0.717) is 16.8 Å². The van der Waals surface area contributed by atoms with Crippen molar-refractivity contribution in [3.63, 3.8) is 0 Å². The maximum absolute atomic E-state index is 11.3. The Morgan fingerprint density at radius 2 is 1.85 bits per heavy atom. The minimum atomic E-state index is -1.17. The molecule has 13 heavy (non-hydrogen) atoms. The van der Waals surface area contributed by atoms with Gasteiger partial charge in [-0.25, -0.2) is 0 Å². The highest BCUT2D eigenvalue weighted by Crippen LogP contribution is 2.26. The Kier molecular flexibility index (Phi) is 1.93. The molecular formula is C8H9N3O2-2. The predicted octanol–water partition coefficient (Wildman–Crippen LogP) is -1.91. The van der Waals surface area contributed by atoms with E-state index in [9.17, 15) is 10.2 Å². The summed E-state index contributed by atoms with van der Waals surface area (Å²) in [5.41, 5.74) is 11.4. The number of rotatable bonds is 0. The number of benzene rings is 1. The Morgan fingerprint density at radius 3 is 2.54 bits per heavy atom. The van der Waals surface area contributed by atoms with Crippen LogP contribution in [0.2, 0.25) is 0 Å². The van der Waals surface area contributed by atoms with Crippen LogP contribution in [0.4, 0.5) is 5.69 Å². The van der Waals surface area contributed by atoms with Crippen LogP contribution >= 0.6 is 0 Å². The molecule has 2 rings (SSSR count). The topological polar surface area (TPSA) is 96.2 Å². The lowest BCUT2D eigenvalue weighted by Crippen LogP contribution is -2.52. The summed E-state index contributed by atoms with van der Waals surface area (Å²) in [7, 11) is 0. The summed E-state index contributed by atoms with van der Waals surface area (Å²) in [6.45, 7) is 0. The van der Waals surface area contributed by atoms with Gasteiger partial charge >= 0.3 is 0 Å². The summed E-state index contributed by atoms with van der Waals surface area (Å²) < 4.78 is 0. The number of hydrogen-bond donors (Lipinski definition) is 3. The summed E-state index contributed by atoms with van der Waals surface area (Å²) in [5.74, 6) is 0. The standard InChI is InChI=1S/C8H9N3O2/c9-5-3-1-2-4-6(5)8(13)11-10-7(4)12/h1-3,7-8,10-11H,9H2/q-2. The van der Waals surface area contributed by atoms with E-state index in [1.54, 1.807) is 18.2 Å². The van der Waals surface area contributed by atoms with E-state index in [4.69, 9.17) is 5.73 Å². The van der Waals surface area contributed by atoms with E-state index in [0.717, 1.165) is 0 Å². The molecule has 0 bridgehead atoms. The summed E-state index contributed by atoms with van der Waals surface area (Å²) >= 11 is 0. The predicted molar refractivity (Wildman–Crippen MR) is 42.6 cm³/mol. The van der Waals surface area contributed by atoms with Gasteiger partial charge in [0, 0.05) is 5.69 Å². The third-order valence-corrected chi connectivity index (χ3v) is 2.06. The number of fused-ring (bicyclic) bond motifs is 1. The first-order chi connectivity index (χ1) is 6.20. The molecular weight excluding hydrogens is 170 g/mol. The first-order valence-electron chi connectivity index (χ1n) is 3.91. The van der Waals surface area contributed by atoms with Gasteiger partial charge in [0.05, 0.1) is 0 Å². The number of hydrogen-bond acceptors (Lipinski definition) is 5. The van der Waals surface area contributed by atoms with Crippen LogP contribution < -0.4 is 26.8 Å². The van der Waals surface area contributed by atoms with Crippen molar-refractivity contribution in [2.24, 2.45) is 0 Å². The zero-order chi connectivity index (χ0) is 9.42. The van der Waals surface area contributed by atoms with E-state index in [1.807, 2.05) is 0 Å². The van der Waals surface area contributed by atoms with E-state index in [2.05, 4.69) is 10.9 Å². The third-order valence-electron chi connectivity index (χ3n) is 2.06. The Balaban J connectivity index is 2.56. The van der Waals surface area contributed by atoms with Gasteiger partial charge in [0.15, 0.2) is 0 Å². The lowest BCUT2D eigenvalue weighted by atomic mass is 10.0.